The van der Waals surface area contributed by atoms with Crippen molar-refractivity contribution >= 4 is 11.6 Å². The molecule has 0 aliphatic heterocycles. The van der Waals surface area contributed by atoms with Gasteiger partial charge in [-0.05, 0) is 12.1 Å². The average Bonchev–Trinajstić information content (AvgIpc) is 2.85. The van der Waals surface area contributed by atoms with Crippen LogP contribution in [-0.2, 0) is 6.54 Å². The van der Waals surface area contributed by atoms with E-state index < -0.39 is 17.8 Å². The van der Waals surface area contributed by atoms with Crippen LogP contribution >= 0.6 is 11.6 Å². The van der Waals surface area contributed by atoms with Crippen LogP contribution in [0.1, 0.15) is 12.5 Å². The molecule has 4 nitrogen and oxygen atoms in total. The second-order valence-electron chi connectivity index (χ2n) is 5.20. The Hall–Kier alpha value is -2.00. The van der Waals surface area contributed by atoms with Gasteiger partial charge in [0.1, 0.15) is 11.8 Å². The molecule has 0 radical (unpaired) electrons. The molecule has 7 heteroatoms. The molecular weight excluding hydrogens is 298 g/mol. The van der Waals surface area contributed by atoms with Crippen LogP contribution in [0.4, 0.5) is 8.78 Å². The predicted molar refractivity (Wildman–Crippen MR) is 72.8 cm³/mol. The van der Waals surface area contributed by atoms with Crippen molar-refractivity contribution in [3.05, 3.63) is 35.0 Å². The fraction of sp³-hybridized carbons (Fsp3) is 0.357. The zero-order valence-electron chi connectivity index (χ0n) is 11.1. The summed E-state index contributed by atoms with van der Waals surface area (Å²) in [6.07, 6.45) is 1.61. The summed E-state index contributed by atoms with van der Waals surface area (Å²) in [4.78, 5) is 0. The largest absolute Gasteiger partial charge is 0.256 e. The lowest BCUT2D eigenvalue weighted by molar-refractivity contribution is 0.0828. The second kappa shape index (κ2) is 4.78. The number of nitriles is 1. The fourth-order valence-electron chi connectivity index (χ4n) is 2.33. The topological polar surface area (TPSA) is 54.5 Å². The first-order chi connectivity index (χ1) is 9.93. The summed E-state index contributed by atoms with van der Waals surface area (Å²) in [6, 6.07) is 6.88. The molecule has 0 bridgehead atoms. The van der Waals surface area contributed by atoms with Crippen molar-refractivity contribution in [3.63, 3.8) is 0 Å². The maximum atomic E-state index is 13.2. The van der Waals surface area contributed by atoms with E-state index in [4.69, 9.17) is 16.9 Å². The highest BCUT2D eigenvalue weighted by molar-refractivity contribution is 6.32. The van der Waals surface area contributed by atoms with Crippen LogP contribution in [0.15, 0.2) is 24.4 Å². The molecular formula is C14H11ClF2N4. The number of rotatable bonds is 3. The number of hydrogen-bond acceptors (Lipinski definition) is 3. The van der Waals surface area contributed by atoms with Crippen LogP contribution in [0.3, 0.4) is 0 Å². The molecule has 0 saturated heterocycles. The van der Waals surface area contributed by atoms with Gasteiger partial charge in [-0.25, -0.2) is 8.78 Å². The molecule has 0 N–H and O–H groups in total. The Kier molecular flexibility index (Phi) is 3.18. The van der Waals surface area contributed by atoms with Crippen molar-refractivity contribution in [2.24, 2.45) is 11.8 Å². The van der Waals surface area contributed by atoms with Gasteiger partial charge in [0.15, 0.2) is 0 Å². The molecule has 2 atom stereocenters. The molecule has 21 heavy (non-hydrogen) atoms. The van der Waals surface area contributed by atoms with Crippen LogP contribution in [0.5, 0.6) is 0 Å². The van der Waals surface area contributed by atoms with Crippen LogP contribution in [0, 0.1) is 23.2 Å². The summed E-state index contributed by atoms with van der Waals surface area (Å²) in [5, 5.41) is 17.0. The molecule has 0 spiro atoms. The number of benzene rings is 1. The zero-order chi connectivity index (χ0) is 15.2. The van der Waals surface area contributed by atoms with Crippen molar-refractivity contribution in [1.29, 1.82) is 5.26 Å². The minimum atomic E-state index is -2.61. The van der Waals surface area contributed by atoms with Crippen molar-refractivity contribution in [2.75, 3.05) is 0 Å². The first-order valence-corrected chi connectivity index (χ1v) is 6.79. The van der Waals surface area contributed by atoms with E-state index in [1.807, 2.05) is 6.07 Å². The molecule has 1 saturated carbocycles. The molecule has 0 unspecified atom stereocenters. The van der Waals surface area contributed by atoms with Gasteiger partial charge < -0.3 is 0 Å². The van der Waals surface area contributed by atoms with E-state index in [1.54, 1.807) is 24.4 Å². The lowest BCUT2D eigenvalue weighted by Crippen LogP contribution is -2.05. The lowest BCUT2D eigenvalue weighted by Gasteiger charge is -1.99. The summed E-state index contributed by atoms with van der Waals surface area (Å²) in [6.45, 7) is 1.67. The third kappa shape index (κ3) is 2.38. The number of nitrogens with zero attached hydrogens (tertiary/aromatic N) is 4. The Morgan fingerprint density at radius 3 is 2.76 bits per heavy atom. The Morgan fingerprint density at radius 1 is 1.48 bits per heavy atom. The van der Waals surface area contributed by atoms with E-state index in [9.17, 15) is 8.78 Å². The number of hydrogen-bond donors (Lipinski definition) is 0. The van der Waals surface area contributed by atoms with Crippen LogP contribution in [0.2, 0.25) is 5.02 Å². The van der Waals surface area contributed by atoms with Crippen LogP contribution in [-0.4, -0.2) is 20.9 Å². The van der Waals surface area contributed by atoms with Crippen LogP contribution in [0.25, 0.3) is 11.3 Å². The van der Waals surface area contributed by atoms with Crippen LogP contribution < -0.4 is 0 Å². The summed E-state index contributed by atoms with van der Waals surface area (Å²) in [5.74, 6) is -3.91. The van der Waals surface area contributed by atoms with Gasteiger partial charge >= 0.3 is 0 Å². The van der Waals surface area contributed by atoms with Gasteiger partial charge in [-0.15, -0.1) is 5.10 Å². The molecule has 1 fully saturated rings. The highest BCUT2D eigenvalue weighted by atomic mass is 35.5. The van der Waals surface area contributed by atoms with E-state index >= 15 is 0 Å². The minimum absolute atomic E-state index is 0.144. The highest BCUT2D eigenvalue weighted by Crippen LogP contribution is 2.55. The fourth-order valence-corrected chi connectivity index (χ4v) is 2.55. The number of halogens is 3. The highest BCUT2D eigenvalue weighted by Gasteiger charge is 2.65. The Balaban J connectivity index is 1.79. The summed E-state index contributed by atoms with van der Waals surface area (Å²) in [7, 11) is 0. The molecule has 1 aliphatic carbocycles. The van der Waals surface area contributed by atoms with Crippen molar-refractivity contribution in [1.82, 2.24) is 15.0 Å². The van der Waals surface area contributed by atoms with Gasteiger partial charge in [0.25, 0.3) is 5.92 Å². The standard InChI is InChI=1S/C14H11ClF2N4/c1-8-11(14(8,16)17)6-21-7-13(19-20-21)9-2-3-10(5-18)12(15)4-9/h2-4,7-8,11H,6H2,1H3/t8-,11-/m1/s1. The first-order valence-electron chi connectivity index (χ1n) is 6.41. The maximum absolute atomic E-state index is 13.2. The monoisotopic (exact) mass is 308 g/mol. The van der Waals surface area contributed by atoms with Gasteiger partial charge in [0.05, 0.1) is 29.2 Å². The Bertz CT molecular complexity index is 735. The smallest absolute Gasteiger partial charge is 0.251 e. The molecule has 3 rings (SSSR count). The SMILES string of the molecule is C[C@@H]1[C@@H](Cn2cc(-c3ccc(C#N)c(Cl)c3)nn2)C1(F)F. The van der Waals surface area contributed by atoms with E-state index in [0.717, 1.165) is 0 Å². The molecule has 0 amide bonds. The number of alkyl halides is 2. The predicted octanol–water partition coefficient (Wildman–Crippen LogP) is 3.37. The molecule has 108 valence electrons. The third-order valence-corrected chi connectivity index (χ3v) is 4.22. The summed E-state index contributed by atoms with van der Waals surface area (Å²) < 4.78 is 27.9. The van der Waals surface area contributed by atoms with Gasteiger partial charge in [-0.2, -0.15) is 5.26 Å². The quantitative estimate of drug-likeness (QED) is 0.873. The molecule has 1 heterocycles. The van der Waals surface area contributed by atoms with E-state index in [0.29, 0.717) is 21.8 Å². The van der Waals surface area contributed by atoms with Crippen molar-refractivity contribution < 1.29 is 8.78 Å². The second-order valence-corrected chi connectivity index (χ2v) is 5.61. The Labute approximate surface area is 124 Å². The van der Waals surface area contributed by atoms with Gasteiger partial charge in [-0.1, -0.05) is 29.8 Å². The Morgan fingerprint density at radius 2 is 2.19 bits per heavy atom. The van der Waals surface area contributed by atoms with Gasteiger partial charge in [0, 0.05) is 11.5 Å². The average molecular weight is 309 g/mol. The van der Waals surface area contributed by atoms with E-state index in [-0.39, 0.29) is 6.54 Å². The number of aromatic nitrogens is 3. The molecule has 1 aromatic carbocycles. The van der Waals surface area contributed by atoms with Gasteiger partial charge in [0.2, 0.25) is 0 Å². The first kappa shape index (κ1) is 14.0. The normalized spacial score (nSPS) is 22.8. The summed E-state index contributed by atoms with van der Waals surface area (Å²) >= 11 is 5.96. The maximum Gasteiger partial charge on any atom is 0.256 e. The van der Waals surface area contributed by atoms with Gasteiger partial charge in [-0.3, -0.25) is 4.68 Å². The molecule has 1 aromatic heterocycles. The minimum Gasteiger partial charge on any atom is -0.251 e. The molecule has 2 aromatic rings. The van der Waals surface area contributed by atoms with Crippen molar-refractivity contribution in [3.8, 4) is 17.3 Å². The van der Waals surface area contributed by atoms with Crippen molar-refractivity contribution in [2.45, 2.75) is 19.4 Å². The zero-order valence-corrected chi connectivity index (χ0v) is 11.8. The van der Waals surface area contributed by atoms with E-state index in [2.05, 4.69) is 10.3 Å². The molecule has 1 aliphatic rings. The summed E-state index contributed by atoms with van der Waals surface area (Å²) in [5.41, 5.74) is 1.61. The lowest BCUT2D eigenvalue weighted by atomic mass is 10.1. The third-order valence-electron chi connectivity index (χ3n) is 3.90. The van der Waals surface area contributed by atoms with E-state index in [1.165, 1.54) is 11.6 Å².